The number of sulfonamides is 1. The first kappa shape index (κ1) is 28.6. The summed E-state index contributed by atoms with van der Waals surface area (Å²) < 4.78 is 69.5. The van der Waals surface area contributed by atoms with Gasteiger partial charge in [0.1, 0.15) is 22.3 Å². The van der Waals surface area contributed by atoms with Gasteiger partial charge < -0.3 is 11.1 Å². The van der Waals surface area contributed by atoms with Crippen LogP contribution in [-0.2, 0) is 16.4 Å². The third kappa shape index (κ3) is 6.58. The fraction of sp³-hybridized carbons (Fsp3) is 0.0741. The fourth-order valence-electron chi connectivity index (χ4n) is 4.03. The van der Waals surface area contributed by atoms with Crippen LogP contribution >= 0.6 is 11.6 Å². The molecule has 0 bridgehead atoms. The van der Waals surface area contributed by atoms with E-state index in [2.05, 4.69) is 10.3 Å². The predicted molar refractivity (Wildman–Crippen MR) is 141 cm³/mol. The Hall–Kier alpha value is -4.42. The van der Waals surface area contributed by atoms with Crippen LogP contribution in [0.5, 0.6) is 0 Å². The zero-order valence-electron chi connectivity index (χ0n) is 20.4. The van der Waals surface area contributed by atoms with Crippen molar-refractivity contribution in [2.75, 3.05) is 0 Å². The smallest absolute Gasteiger partial charge is 0.329 e. The number of nitrogens with two attached hydrogens (primary N) is 1. The summed E-state index contributed by atoms with van der Waals surface area (Å²) in [4.78, 5) is 28.6. The monoisotopic (exact) mass is 588 g/mol. The second kappa shape index (κ2) is 11.8. The Labute approximate surface area is 232 Å². The molecule has 0 aliphatic rings. The van der Waals surface area contributed by atoms with E-state index in [0.717, 1.165) is 18.2 Å². The summed E-state index contributed by atoms with van der Waals surface area (Å²) in [5.74, 6) is -3.61. The number of hydrogen-bond acceptors (Lipinski definition) is 5. The average molecular weight is 589 g/mol. The van der Waals surface area contributed by atoms with E-state index in [1.807, 2.05) is 4.72 Å². The molecule has 1 aromatic heterocycles. The summed E-state index contributed by atoms with van der Waals surface area (Å²) in [7, 11) is -4.41. The van der Waals surface area contributed by atoms with E-state index < -0.39 is 51.0 Å². The van der Waals surface area contributed by atoms with E-state index in [1.54, 1.807) is 6.07 Å². The zero-order chi connectivity index (χ0) is 29.0. The first-order chi connectivity index (χ1) is 18.9. The number of benzene rings is 3. The van der Waals surface area contributed by atoms with Crippen molar-refractivity contribution in [1.29, 1.82) is 0 Å². The zero-order valence-corrected chi connectivity index (χ0v) is 21.9. The van der Waals surface area contributed by atoms with Gasteiger partial charge in [-0.3, -0.25) is 9.78 Å². The van der Waals surface area contributed by atoms with Crippen LogP contribution in [0, 0.1) is 17.5 Å². The lowest BCUT2D eigenvalue weighted by molar-refractivity contribution is 0.0996. The van der Waals surface area contributed by atoms with Crippen LogP contribution in [0.2, 0.25) is 5.02 Å². The highest BCUT2D eigenvalue weighted by molar-refractivity contribution is 7.90. The number of aromatic nitrogens is 1. The molecule has 0 unspecified atom stereocenters. The third-order valence-corrected chi connectivity index (χ3v) is 7.56. The highest BCUT2D eigenvalue weighted by Crippen LogP contribution is 2.30. The van der Waals surface area contributed by atoms with Crippen molar-refractivity contribution in [2.45, 2.75) is 17.4 Å². The number of nitrogens with zero attached hydrogens (tertiary/aromatic N) is 1. The molecular weight excluding hydrogens is 569 g/mol. The molecule has 0 saturated heterocycles. The molecule has 8 nitrogen and oxygen atoms in total. The van der Waals surface area contributed by atoms with E-state index in [4.69, 9.17) is 17.3 Å². The topological polar surface area (TPSA) is 131 Å². The largest absolute Gasteiger partial charge is 0.366 e. The Balaban J connectivity index is 1.75. The van der Waals surface area contributed by atoms with Gasteiger partial charge in [0, 0.05) is 17.8 Å². The average Bonchev–Trinajstić information content (AvgIpc) is 2.87. The molecule has 0 spiro atoms. The lowest BCUT2D eigenvalue weighted by Gasteiger charge is -2.22. The van der Waals surface area contributed by atoms with Crippen molar-refractivity contribution in [3.63, 3.8) is 0 Å². The molecule has 0 aliphatic carbocycles. The Morgan fingerprint density at radius 1 is 0.950 bits per heavy atom. The summed E-state index contributed by atoms with van der Waals surface area (Å²) in [5.41, 5.74) is 5.72. The second-order valence-corrected chi connectivity index (χ2v) is 10.6. The van der Waals surface area contributed by atoms with Gasteiger partial charge in [-0.15, -0.1) is 0 Å². The molecule has 1 atom stereocenters. The van der Waals surface area contributed by atoms with Crippen molar-refractivity contribution >= 4 is 33.6 Å². The number of urea groups is 1. The third-order valence-electron chi connectivity index (χ3n) is 5.73. The van der Waals surface area contributed by atoms with Crippen molar-refractivity contribution in [2.24, 2.45) is 5.73 Å². The first-order valence-corrected chi connectivity index (χ1v) is 13.4. The molecular formula is C27H20ClF3N4O4S. The minimum atomic E-state index is -4.41. The number of primary amides is 1. The van der Waals surface area contributed by atoms with Gasteiger partial charge in [-0.2, -0.15) is 0 Å². The number of carbonyl (C=O) groups excluding carboxylic acids is 2. The molecule has 0 saturated carbocycles. The highest BCUT2D eigenvalue weighted by atomic mass is 35.5. The summed E-state index contributed by atoms with van der Waals surface area (Å²) in [6.45, 7) is 0. The summed E-state index contributed by atoms with van der Waals surface area (Å²) in [6.07, 6.45) is 1.14. The Kier molecular flexibility index (Phi) is 8.40. The molecule has 3 amide bonds. The highest BCUT2D eigenvalue weighted by Gasteiger charge is 2.26. The van der Waals surface area contributed by atoms with Crippen LogP contribution in [0.25, 0.3) is 11.1 Å². The lowest BCUT2D eigenvalue weighted by Crippen LogP contribution is -2.42. The van der Waals surface area contributed by atoms with E-state index in [9.17, 15) is 31.2 Å². The number of pyridine rings is 1. The predicted octanol–water partition coefficient (Wildman–Crippen LogP) is 4.89. The van der Waals surface area contributed by atoms with Gasteiger partial charge in [0.25, 0.3) is 15.9 Å². The number of carbonyl (C=O) groups is 2. The van der Waals surface area contributed by atoms with E-state index >= 15 is 0 Å². The molecule has 4 aromatic rings. The summed E-state index contributed by atoms with van der Waals surface area (Å²) >= 11 is 5.97. The maximum absolute atomic E-state index is 14.1. The molecule has 3 aromatic carbocycles. The molecule has 40 heavy (non-hydrogen) atoms. The molecule has 4 N–H and O–H groups in total. The Morgan fingerprint density at radius 2 is 1.65 bits per heavy atom. The molecule has 0 radical (unpaired) electrons. The van der Waals surface area contributed by atoms with Gasteiger partial charge in [0.15, 0.2) is 0 Å². The standard InChI is InChI=1S/C27H20ClF3N4O4S/c28-21-5-1-2-6-24(21)40(38,39)35-27(37)34-23(12-15-10-17(29)14-18(30)11-15)25-19(4-3-9-33-25)16-7-8-22(31)20(13-16)26(32)36/h1-11,13-14,23H,12H2,(H2,32,36)(H2,34,35,37)/t23-/m1/s1. The molecule has 1 heterocycles. The van der Waals surface area contributed by atoms with Crippen LogP contribution in [0.15, 0.2) is 83.9 Å². The fourth-order valence-corrected chi connectivity index (χ4v) is 5.46. The van der Waals surface area contributed by atoms with Gasteiger partial charge in [-0.05, 0) is 60.0 Å². The quantitative estimate of drug-likeness (QED) is 0.270. The van der Waals surface area contributed by atoms with E-state index in [-0.39, 0.29) is 27.6 Å². The van der Waals surface area contributed by atoms with Gasteiger partial charge in [-0.1, -0.05) is 35.9 Å². The molecule has 0 fully saturated rings. The number of rotatable bonds is 8. The first-order valence-electron chi connectivity index (χ1n) is 11.5. The van der Waals surface area contributed by atoms with Crippen molar-refractivity contribution in [3.05, 3.63) is 118 Å². The van der Waals surface area contributed by atoms with Crippen LogP contribution < -0.4 is 15.8 Å². The number of amides is 3. The number of nitrogens with one attached hydrogen (secondary N) is 2. The van der Waals surface area contributed by atoms with Crippen molar-refractivity contribution < 1.29 is 31.2 Å². The van der Waals surface area contributed by atoms with Crippen LogP contribution in [0.3, 0.4) is 0 Å². The van der Waals surface area contributed by atoms with Crippen LogP contribution in [-0.4, -0.2) is 25.3 Å². The maximum Gasteiger partial charge on any atom is 0.329 e. The summed E-state index contributed by atoms with van der Waals surface area (Å²) in [5, 5.41) is 2.36. The summed E-state index contributed by atoms with van der Waals surface area (Å²) in [6, 6.07) is 12.5. The minimum Gasteiger partial charge on any atom is -0.366 e. The van der Waals surface area contributed by atoms with Gasteiger partial charge >= 0.3 is 6.03 Å². The van der Waals surface area contributed by atoms with E-state index in [0.29, 0.717) is 17.2 Å². The molecule has 4 rings (SSSR count). The lowest BCUT2D eigenvalue weighted by atomic mass is 9.94. The minimum absolute atomic E-state index is 0.116. The van der Waals surface area contributed by atoms with Gasteiger partial charge in [-0.25, -0.2) is 31.1 Å². The molecule has 206 valence electrons. The van der Waals surface area contributed by atoms with Crippen LogP contribution in [0.4, 0.5) is 18.0 Å². The Bertz CT molecular complexity index is 1700. The van der Waals surface area contributed by atoms with E-state index in [1.165, 1.54) is 48.7 Å². The normalized spacial score (nSPS) is 12.0. The second-order valence-electron chi connectivity index (χ2n) is 8.54. The number of halogens is 4. The van der Waals surface area contributed by atoms with Gasteiger partial charge in [0.2, 0.25) is 0 Å². The number of hydrogen-bond donors (Lipinski definition) is 3. The Morgan fingerprint density at radius 3 is 2.33 bits per heavy atom. The maximum atomic E-state index is 14.1. The van der Waals surface area contributed by atoms with Crippen molar-refractivity contribution in [3.8, 4) is 11.1 Å². The SMILES string of the molecule is NC(=O)c1cc(-c2cccnc2[C@@H](Cc2cc(F)cc(F)c2)NC(=O)NS(=O)(=O)c2ccccc2Cl)ccc1F. The van der Waals surface area contributed by atoms with Gasteiger partial charge in [0.05, 0.1) is 22.3 Å². The molecule has 0 aliphatic heterocycles. The molecule has 13 heteroatoms. The van der Waals surface area contributed by atoms with Crippen molar-refractivity contribution in [1.82, 2.24) is 15.0 Å². The van der Waals surface area contributed by atoms with Crippen LogP contribution in [0.1, 0.15) is 27.7 Å².